The fourth-order valence-electron chi connectivity index (χ4n) is 4.16. The molecule has 3 heteroatoms. The average molecular weight is 348 g/mol. The van der Waals surface area contributed by atoms with Gasteiger partial charge in [0.2, 0.25) is 0 Å². The van der Waals surface area contributed by atoms with Gasteiger partial charge in [0.1, 0.15) is 5.85 Å². The summed E-state index contributed by atoms with van der Waals surface area (Å²) in [5.74, 6) is -1.03. The molecule has 0 saturated heterocycles. The van der Waals surface area contributed by atoms with E-state index in [0.29, 0.717) is 0 Å². The van der Waals surface area contributed by atoms with Crippen LogP contribution in [0.3, 0.4) is 0 Å². The first-order valence-corrected chi connectivity index (χ1v) is 10.3. The Bertz CT molecular complexity index is 963. The second-order valence-electron chi connectivity index (χ2n) is 6.88. The first-order chi connectivity index (χ1) is 11.9. The van der Waals surface area contributed by atoms with Crippen molar-refractivity contribution < 1.29 is 9.67 Å². The van der Waals surface area contributed by atoms with Crippen LogP contribution in [0.1, 0.15) is 28.1 Å². The predicted octanol–water partition coefficient (Wildman–Crippen LogP) is 4.60. The highest BCUT2D eigenvalue weighted by molar-refractivity contribution is 7.80. The number of hydrogen-bond donors (Lipinski definition) is 1. The maximum Gasteiger partial charge on any atom is 0.175 e. The Kier molecular flexibility index (Phi) is 3.72. The smallest absolute Gasteiger partial charge is 0.175 e. The van der Waals surface area contributed by atoms with Crippen molar-refractivity contribution in [1.29, 1.82) is 0 Å². The normalized spacial score (nSPS) is 15.5. The van der Waals surface area contributed by atoms with Crippen molar-refractivity contribution in [2.45, 2.75) is 26.6 Å². The molecule has 1 aliphatic heterocycles. The Hall–Kier alpha value is -2.15. The van der Waals surface area contributed by atoms with Gasteiger partial charge in [-0.15, -0.1) is 0 Å². The fraction of sp³-hybridized carbons (Fsp3) is 0.182. The average Bonchev–Trinajstić information content (AvgIpc) is 2.85. The van der Waals surface area contributed by atoms with Gasteiger partial charge in [0.25, 0.3) is 0 Å². The highest BCUT2D eigenvalue weighted by Crippen LogP contribution is 2.62. The fourth-order valence-corrected chi connectivity index (χ4v) is 7.43. The van der Waals surface area contributed by atoms with Crippen LogP contribution in [0.15, 0.2) is 60.7 Å². The van der Waals surface area contributed by atoms with Gasteiger partial charge >= 0.3 is 0 Å². The molecular weight excluding hydrogens is 327 g/mol. The van der Waals surface area contributed by atoms with Crippen LogP contribution in [0.5, 0.6) is 0 Å². The number of aliphatic hydroxyl groups is 1. The zero-order valence-electron chi connectivity index (χ0n) is 14.7. The van der Waals surface area contributed by atoms with Gasteiger partial charge in [-0.05, 0) is 48.6 Å². The summed E-state index contributed by atoms with van der Waals surface area (Å²) >= 11 is 0. The van der Waals surface area contributed by atoms with Gasteiger partial charge in [0.05, 0.1) is 0 Å². The van der Waals surface area contributed by atoms with Crippen molar-refractivity contribution in [3.63, 3.8) is 0 Å². The number of fused-ring (bicyclic) bond motifs is 3. The van der Waals surface area contributed by atoms with Gasteiger partial charge in [-0.2, -0.15) is 0 Å². The number of hydrogen-bond acceptors (Lipinski definition) is 2. The van der Waals surface area contributed by atoms with Gasteiger partial charge < -0.3 is 9.67 Å². The van der Waals surface area contributed by atoms with Crippen molar-refractivity contribution in [2.24, 2.45) is 0 Å². The SMILES string of the molecule is Cc1cc(C)c(C(O)P2(=O)c3ccccc3-c3ccccc32)c(C)c1. The summed E-state index contributed by atoms with van der Waals surface area (Å²) in [5.41, 5.74) is 5.87. The maximum atomic E-state index is 14.3. The van der Waals surface area contributed by atoms with Crippen molar-refractivity contribution >= 4 is 17.8 Å². The summed E-state index contributed by atoms with van der Waals surface area (Å²) in [5, 5.41) is 12.9. The third kappa shape index (κ3) is 2.25. The summed E-state index contributed by atoms with van der Waals surface area (Å²) in [6, 6.07) is 19.6. The van der Waals surface area contributed by atoms with Crippen LogP contribution in [0.25, 0.3) is 11.1 Å². The van der Waals surface area contributed by atoms with E-state index in [9.17, 15) is 9.67 Å². The first-order valence-electron chi connectivity index (χ1n) is 8.49. The molecule has 4 rings (SSSR count). The van der Waals surface area contributed by atoms with Crippen LogP contribution in [0.4, 0.5) is 0 Å². The van der Waals surface area contributed by atoms with Crippen LogP contribution in [-0.4, -0.2) is 5.11 Å². The van der Waals surface area contributed by atoms with Crippen LogP contribution in [0, 0.1) is 20.8 Å². The van der Waals surface area contributed by atoms with Crippen LogP contribution in [0.2, 0.25) is 0 Å². The molecule has 0 aliphatic carbocycles. The van der Waals surface area contributed by atoms with Crippen molar-refractivity contribution in [3.8, 4) is 11.1 Å². The molecule has 1 aliphatic rings. The topological polar surface area (TPSA) is 37.3 Å². The van der Waals surface area contributed by atoms with Crippen molar-refractivity contribution in [3.05, 3.63) is 82.9 Å². The third-order valence-corrected chi connectivity index (χ3v) is 8.31. The number of aryl methyl sites for hydroxylation is 3. The Morgan fingerprint density at radius 2 is 1.24 bits per heavy atom. The third-order valence-electron chi connectivity index (χ3n) is 5.15. The highest BCUT2D eigenvalue weighted by atomic mass is 31.2. The minimum absolute atomic E-state index is 0.767. The largest absolute Gasteiger partial charge is 0.380 e. The zero-order chi connectivity index (χ0) is 17.8. The quantitative estimate of drug-likeness (QED) is 0.688. The van der Waals surface area contributed by atoms with Gasteiger partial charge in [0.15, 0.2) is 7.14 Å². The first kappa shape index (κ1) is 16.3. The number of aliphatic hydroxyl groups excluding tert-OH is 1. The van der Waals surface area contributed by atoms with E-state index in [1.165, 1.54) is 0 Å². The van der Waals surface area contributed by atoms with Gasteiger partial charge in [-0.1, -0.05) is 66.2 Å². The van der Waals surface area contributed by atoms with E-state index in [1.807, 2.05) is 81.4 Å². The molecule has 0 aromatic heterocycles. The summed E-state index contributed by atoms with van der Waals surface area (Å²) in [6.45, 7) is 6.01. The Balaban J connectivity index is 2.01. The molecule has 0 fully saturated rings. The van der Waals surface area contributed by atoms with Gasteiger partial charge in [-0.3, -0.25) is 0 Å². The molecular formula is C22H21O2P. The molecule has 0 spiro atoms. The lowest BCUT2D eigenvalue weighted by Crippen LogP contribution is -2.18. The Labute approximate surface area is 148 Å². The minimum Gasteiger partial charge on any atom is -0.380 e. The second kappa shape index (κ2) is 5.69. The molecule has 1 heterocycles. The van der Waals surface area contributed by atoms with E-state index in [0.717, 1.165) is 44.0 Å². The molecule has 3 aromatic carbocycles. The maximum absolute atomic E-state index is 14.3. The summed E-state index contributed by atoms with van der Waals surface area (Å²) in [4.78, 5) is 0. The van der Waals surface area contributed by atoms with Crippen LogP contribution in [-0.2, 0) is 4.57 Å². The molecule has 2 nitrogen and oxygen atoms in total. The van der Waals surface area contributed by atoms with E-state index in [1.54, 1.807) is 0 Å². The highest BCUT2D eigenvalue weighted by Gasteiger charge is 2.45. The summed E-state index contributed by atoms with van der Waals surface area (Å²) in [6.07, 6.45) is 0. The van der Waals surface area contributed by atoms with Crippen LogP contribution < -0.4 is 10.6 Å². The van der Waals surface area contributed by atoms with Crippen LogP contribution >= 0.6 is 7.14 Å². The van der Waals surface area contributed by atoms with Gasteiger partial charge in [-0.25, -0.2) is 0 Å². The lowest BCUT2D eigenvalue weighted by molar-refractivity contribution is 0.255. The van der Waals surface area contributed by atoms with Crippen molar-refractivity contribution in [1.82, 2.24) is 0 Å². The van der Waals surface area contributed by atoms with E-state index in [4.69, 9.17) is 0 Å². The lowest BCUT2D eigenvalue weighted by Gasteiger charge is -2.25. The van der Waals surface area contributed by atoms with E-state index in [-0.39, 0.29) is 0 Å². The predicted molar refractivity (Wildman–Crippen MR) is 104 cm³/mol. The molecule has 0 bridgehead atoms. The molecule has 25 heavy (non-hydrogen) atoms. The van der Waals surface area contributed by atoms with E-state index in [2.05, 4.69) is 0 Å². The minimum atomic E-state index is -3.18. The molecule has 0 saturated carbocycles. The Morgan fingerprint density at radius 3 is 1.72 bits per heavy atom. The summed E-state index contributed by atoms with van der Waals surface area (Å²) < 4.78 is 14.3. The number of benzene rings is 3. The molecule has 1 unspecified atom stereocenters. The standard InChI is InChI=1S/C22H21O2P/c1-14-12-15(2)21(16(3)13-14)22(23)25(24)19-10-6-4-8-17(19)18-9-5-7-11-20(18)25/h4-13,22-23H,1-3H3. The monoisotopic (exact) mass is 348 g/mol. The molecule has 0 radical (unpaired) electrons. The van der Waals surface area contributed by atoms with Gasteiger partial charge in [0, 0.05) is 10.6 Å². The lowest BCUT2D eigenvalue weighted by atomic mass is 10.0. The molecule has 0 amide bonds. The van der Waals surface area contributed by atoms with Crippen molar-refractivity contribution in [2.75, 3.05) is 0 Å². The second-order valence-corrected chi connectivity index (χ2v) is 9.65. The van der Waals surface area contributed by atoms with E-state index >= 15 is 0 Å². The molecule has 126 valence electrons. The zero-order valence-corrected chi connectivity index (χ0v) is 15.5. The number of rotatable bonds is 2. The Morgan fingerprint density at radius 1 is 0.800 bits per heavy atom. The molecule has 1 atom stereocenters. The molecule has 3 aromatic rings. The van der Waals surface area contributed by atoms with E-state index < -0.39 is 13.0 Å². The summed E-state index contributed by atoms with van der Waals surface area (Å²) in [7, 11) is -3.18. The molecule has 1 N–H and O–H groups in total.